The molecule has 1 aromatic rings. The lowest BCUT2D eigenvalue weighted by Crippen LogP contribution is -2.47. The highest BCUT2D eigenvalue weighted by atomic mass is 16.5. The summed E-state index contributed by atoms with van der Waals surface area (Å²) in [6, 6.07) is 7.77. The molecule has 1 N–H and O–H groups in total. The average Bonchev–Trinajstić information content (AvgIpc) is 3.00. The first-order chi connectivity index (χ1) is 10.2. The minimum absolute atomic E-state index is 0.000237. The van der Waals surface area contributed by atoms with E-state index in [9.17, 15) is 9.59 Å². The molecular weight excluding hydrogens is 266 g/mol. The van der Waals surface area contributed by atoms with Crippen molar-refractivity contribution in [3.8, 4) is 5.75 Å². The van der Waals surface area contributed by atoms with E-state index in [2.05, 4.69) is 5.32 Å². The number of hydrogen-bond acceptors (Lipinski definition) is 3. The molecule has 112 valence electrons. The zero-order valence-corrected chi connectivity index (χ0v) is 12.3. The summed E-state index contributed by atoms with van der Waals surface area (Å²) in [6.45, 7) is 0. The van der Waals surface area contributed by atoms with Gasteiger partial charge in [-0.2, -0.15) is 0 Å². The fraction of sp³-hybridized carbons (Fsp3) is 0.529. The normalized spacial score (nSPS) is 26.7. The monoisotopic (exact) mass is 287 g/mol. The Labute approximate surface area is 124 Å². The number of hydrogen-bond donors (Lipinski definition) is 1. The summed E-state index contributed by atoms with van der Waals surface area (Å²) in [5, 5.41) is 2.53. The molecule has 0 radical (unpaired) electrons. The van der Waals surface area contributed by atoms with Crippen LogP contribution in [0.3, 0.4) is 0 Å². The molecule has 3 rings (SSSR count). The fourth-order valence-electron chi connectivity index (χ4n) is 3.82. The third-order valence-corrected chi connectivity index (χ3v) is 4.86. The predicted octanol–water partition coefficient (Wildman–Crippen LogP) is 2.63. The van der Waals surface area contributed by atoms with Crippen LogP contribution in [0.2, 0.25) is 0 Å². The second kappa shape index (κ2) is 5.88. The first-order valence-electron chi connectivity index (χ1n) is 7.66. The quantitative estimate of drug-likeness (QED) is 0.869. The van der Waals surface area contributed by atoms with Crippen LogP contribution in [0, 0.1) is 11.8 Å². The van der Waals surface area contributed by atoms with Crippen molar-refractivity contribution in [1.29, 1.82) is 0 Å². The highest BCUT2D eigenvalue weighted by Crippen LogP contribution is 2.42. The highest BCUT2D eigenvalue weighted by Gasteiger charge is 2.42. The Morgan fingerprint density at radius 2 is 1.76 bits per heavy atom. The first-order valence-corrected chi connectivity index (χ1v) is 7.66. The third kappa shape index (κ3) is 2.80. The molecule has 2 unspecified atom stereocenters. The van der Waals surface area contributed by atoms with E-state index in [0.717, 1.165) is 24.2 Å². The molecule has 2 atom stereocenters. The molecule has 0 aromatic heterocycles. The van der Waals surface area contributed by atoms with E-state index in [0.29, 0.717) is 12.3 Å². The molecule has 4 heteroatoms. The van der Waals surface area contributed by atoms with E-state index in [1.807, 2.05) is 24.3 Å². The summed E-state index contributed by atoms with van der Waals surface area (Å²) in [7, 11) is 1.63. The van der Waals surface area contributed by atoms with Crippen LogP contribution in [-0.2, 0) is 9.59 Å². The van der Waals surface area contributed by atoms with Gasteiger partial charge in [0.1, 0.15) is 5.75 Å². The number of carbonyl (C=O) groups excluding carboxylic acids is 2. The maximum atomic E-state index is 12.3. The van der Waals surface area contributed by atoms with Crippen LogP contribution in [0.5, 0.6) is 5.75 Å². The number of methoxy groups -OCH3 is 1. The molecule has 2 aliphatic rings. The smallest absolute Gasteiger partial charge is 0.230 e. The third-order valence-electron chi connectivity index (χ3n) is 4.86. The number of amides is 2. The molecule has 0 bridgehead atoms. The minimum atomic E-state index is -0.157. The Morgan fingerprint density at radius 1 is 1.10 bits per heavy atom. The van der Waals surface area contributed by atoms with Crippen molar-refractivity contribution in [1.82, 2.24) is 5.32 Å². The summed E-state index contributed by atoms with van der Waals surface area (Å²) in [5.74, 6) is 0.890. The summed E-state index contributed by atoms with van der Waals surface area (Å²) >= 11 is 0. The van der Waals surface area contributed by atoms with Crippen LogP contribution in [0.4, 0.5) is 0 Å². The van der Waals surface area contributed by atoms with Gasteiger partial charge in [-0.05, 0) is 36.5 Å². The molecule has 1 aliphatic carbocycles. The van der Waals surface area contributed by atoms with Gasteiger partial charge in [0.25, 0.3) is 0 Å². The summed E-state index contributed by atoms with van der Waals surface area (Å²) in [4.78, 5) is 24.1. The Bertz CT molecular complexity index is 531. The van der Waals surface area contributed by atoms with Crippen molar-refractivity contribution in [2.24, 2.45) is 11.8 Å². The SMILES string of the molecule is COc1ccc(C2CC(=O)NC(=O)C2C2CCCC2)cc1. The minimum Gasteiger partial charge on any atom is -0.497 e. The Balaban J connectivity index is 1.90. The van der Waals surface area contributed by atoms with Crippen LogP contribution in [0.25, 0.3) is 0 Å². The maximum absolute atomic E-state index is 12.3. The standard InChI is InChI=1S/C17H21NO3/c1-21-13-8-6-11(7-9-13)14-10-15(19)18-17(20)16(14)12-4-2-3-5-12/h6-9,12,14,16H,2-5,10H2,1H3,(H,18,19,20). The van der Waals surface area contributed by atoms with Crippen molar-refractivity contribution < 1.29 is 14.3 Å². The van der Waals surface area contributed by atoms with Gasteiger partial charge in [0.2, 0.25) is 11.8 Å². The van der Waals surface area contributed by atoms with Crippen LogP contribution >= 0.6 is 0 Å². The molecule has 2 amide bonds. The summed E-state index contributed by atoms with van der Waals surface area (Å²) in [6.07, 6.45) is 4.98. The molecule has 4 nitrogen and oxygen atoms in total. The Hall–Kier alpha value is -1.84. The zero-order chi connectivity index (χ0) is 14.8. The number of imide groups is 1. The maximum Gasteiger partial charge on any atom is 0.230 e. The van der Waals surface area contributed by atoms with Crippen LogP contribution in [0.15, 0.2) is 24.3 Å². The lowest BCUT2D eigenvalue weighted by molar-refractivity contribution is -0.138. The predicted molar refractivity (Wildman–Crippen MR) is 78.9 cm³/mol. The molecule has 1 saturated heterocycles. The number of piperidine rings is 1. The first kappa shape index (κ1) is 14.1. The van der Waals surface area contributed by atoms with Gasteiger partial charge in [0.05, 0.1) is 7.11 Å². The molecule has 2 fully saturated rings. The van der Waals surface area contributed by atoms with Crippen molar-refractivity contribution in [3.63, 3.8) is 0 Å². The number of rotatable bonds is 3. The van der Waals surface area contributed by atoms with Gasteiger partial charge < -0.3 is 4.74 Å². The van der Waals surface area contributed by atoms with Crippen LogP contribution in [-0.4, -0.2) is 18.9 Å². The van der Waals surface area contributed by atoms with Gasteiger partial charge in [-0.1, -0.05) is 25.0 Å². The molecule has 1 saturated carbocycles. The molecule has 1 heterocycles. The number of ether oxygens (including phenoxy) is 1. The van der Waals surface area contributed by atoms with Crippen LogP contribution < -0.4 is 10.1 Å². The van der Waals surface area contributed by atoms with E-state index < -0.39 is 0 Å². The lowest BCUT2D eigenvalue weighted by atomic mass is 9.73. The molecule has 1 aromatic carbocycles. The van der Waals surface area contributed by atoms with E-state index in [1.54, 1.807) is 7.11 Å². The second-order valence-electron chi connectivity index (χ2n) is 6.07. The van der Waals surface area contributed by atoms with Gasteiger partial charge >= 0.3 is 0 Å². The van der Waals surface area contributed by atoms with Crippen molar-refractivity contribution in [2.75, 3.05) is 7.11 Å². The van der Waals surface area contributed by atoms with Gasteiger partial charge in [0.15, 0.2) is 0 Å². The second-order valence-corrected chi connectivity index (χ2v) is 6.07. The van der Waals surface area contributed by atoms with E-state index in [1.165, 1.54) is 12.8 Å². The summed E-state index contributed by atoms with van der Waals surface area (Å²) in [5.41, 5.74) is 1.07. The molecule has 21 heavy (non-hydrogen) atoms. The van der Waals surface area contributed by atoms with Crippen molar-refractivity contribution in [3.05, 3.63) is 29.8 Å². The van der Waals surface area contributed by atoms with Gasteiger partial charge in [-0.15, -0.1) is 0 Å². The average molecular weight is 287 g/mol. The van der Waals surface area contributed by atoms with Gasteiger partial charge in [-0.25, -0.2) is 0 Å². The zero-order valence-electron chi connectivity index (χ0n) is 12.3. The van der Waals surface area contributed by atoms with E-state index >= 15 is 0 Å². The van der Waals surface area contributed by atoms with Gasteiger partial charge in [-0.3, -0.25) is 14.9 Å². The lowest BCUT2D eigenvalue weighted by Gasteiger charge is -2.34. The van der Waals surface area contributed by atoms with Crippen LogP contribution in [0.1, 0.15) is 43.6 Å². The van der Waals surface area contributed by atoms with Crippen molar-refractivity contribution >= 4 is 11.8 Å². The fourth-order valence-corrected chi connectivity index (χ4v) is 3.82. The van der Waals surface area contributed by atoms with Crippen molar-refractivity contribution in [2.45, 2.75) is 38.0 Å². The molecular formula is C17H21NO3. The number of carbonyl (C=O) groups is 2. The van der Waals surface area contributed by atoms with E-state index in [-0.39, 0.29) is 23.7 Å². The largest absolute Gasteiger partial charge is 0.497 e. The van der Waals surface area contributed by atoms with E-state index in [4.69, 9.17) is 4.74 Å². The highest BCUT2D eigenvalue weighted by molar-refractivity contribution is 6.00. The number of nitrogens with one attached hydrogen (secondary N) is 1. The van der Waals surface area contributed by atoms with Gasteiger partial charge in [0, 0.05) is 18.3 Å². The topological polar surface area (TPSA) is 55.4 Å². The Kier molecular flexibility index (Phi) is 3.95. The number of benzene rings is 1. The molecule has 0 spiro atoms. The molecule has 1 aliphatic heterocycles. The Morgan fingerprint density at radius 3 is 2.38 bits per heavy atom. The summed E-state index contributed by atoms with van der Waals surface area (Å²) < 4.78 is 5.18.